The summed E-state index contributed by atoms with van der Waals surface area (Å²) in [5.41, 5.74) is 0. The molecular formula is C25H26O4S. The first-order chi connectivity index (χ1) is 14.7. The number of carbonyl (C=O) groups excluding carboxylic acids is 1. The molecule has 0 aliphatic carbocycles. The first-order valence-electron chi connectivity index (χ1n) is 9.89. The highest BCUT2D eigenvalue weighted by Crippen LogP contribution is 2.37. The summed E-state index contributed by atoms with van der Waals surface area (Å²) < 4.78 is 17.2. The summed E-state index contributed by atoms with van der Waals surface area (Å²) in [5.74, 6) is 1.27. The molecule has 156 valence electrons. The summed E-state index contributed by atoms with van der Waals surface area (Å²) in [7, 11) is 0. The molecule has 0 amide bonds. The number of fused-ring (bicyclic) bond motifs is 2. The quantitative estimate of drug-likeness (QED) is 0.0978. The van der Waals surface area contributed by atoms with Crippen LogP contribution in [0.3, 0.4) is 0 Å². The zero-order valence-corrected chi connectivity index (χ0v) is 18.0. The molecule has 0 aliphatic heterocycles. The Bertz CT molecular complexity index is 1040. The van der Waals surface area contributed by atoms with Crippen LogP contribution in [0.4, 0.5) is 0 Å². The number of hydrogen-bond acceptors (Lipinski definition) is 5. The van der Waals surface area contributed by atoms with Crippen molar-refractivity contribution in [1.82, 2.24) is 0 Å². The van der Waals surface area contributed by atoms with Gasteiger partial charge in [0.05, 0.1) is 13.2 Å². The average Bonchev–Trinajstić information content (AvgIpc) is 2.76. The van der Waals surface area contributed by atoms with Gasteiger partial charge in [-0.25, -0.2) is 4.79 Å². The van der Waals surface area contributed by atoms with E-state index in [9.17, 15) is 4.79 Å². The summed E-state index contributed by atoms with van der Waals surface area (Å²) in [4.78, 5) is 12.9. The van der Waals surface area contributed by atoms with E-state index in [1.165, 1.54) is 4.90 Å². The maximum atomic E-state index is 11.7. The lowest BCUT2D eigenvalue weighted by Gasteiger charge is -2.20. The molecule has 0 saturated heterocycles. The van der Waals surface area contributed by atoms with Gasteiger partial charge in [0, 0.05) is 21.7 Å². The van der Waals surface area contributed by atoms with Crippen LogP contribution in [0, 0.1) is 0 Å². The Labute approximate surface area is 181 Å². The molecule has 3 aromatic rings. The molecule has 0 aromatic heterocycles. The number of hydrogen-bond donors (Lipinski definition) is 0. The van der Waals surface area contributed by atoms with Gasteiger partial charge in [-0.15, -0.1) is 18.3 Å². The van der Waals surface area contributed by atoms with Crippen molar-refractivity contribution in [2.75, 3.05) is 25.6 Å². The minimum Gasteiger partial charge on any atom is -0.488 e. The molecule has 5 heteroatoms. The van der Waals surface area contributed by atoms with Gasteiger partial charge in [-0.05, 0) is 34.7 Å². The van der Waals surface area contributed by atoms with E-state index in [-0.39, 0.29) is 13.2 Å². The minimum absolute atomic E-state index is 0.172. The van der Waals surface area contributed by atoms with Crippen LogP contribution >= 0.6 is 11.8 Å². The molecule has 1 unspecified atom stereocenters. The largest absolute Gasteiger partial charge is 0.488 e. The van der Waals surface area contributed by atoms with E-state index in [1.54, 1.807) is 17.8 Å². The van der Waals surface area contributed by atoms with Crippen molar-refractivity contribution < 1.29 is 19.0 Å². The highest BCUT2D eigenvalue weighted by Gasteiger charge is 2.17. The zero-order valence-electron chi connectivity index (χ0n) is 17.1. The molecule has 0 spiro atoms. The SMILES string of the molecule is C=CCOCC(COc1c2ccccc2cc2ccc(SCC)cc12)OC(=O)C=C. The molecule has 3 aromatic carbocycles. The van der Waals surface area contributed by atoms with Crippen molar-refractivity contribution in [3.8, 4) is 5.75 Å². The van der Waals surface area contributed by atoms with E-state index in [0.29, 0.717) is 6.61 Å². The molecule has 0 bridgehead atoms. The Morgan fingerprint density at radius 1 is 1.07 bits per heavy atom. The lowest BCUT2D eigenvalue weighted by molar-refractivity contribution is -0.147. The fourth-order valence-electron chi connectivity index (χ4n) is 3.20. The van der Waals surface area contributed by atoms with Crippen LogP contribution in [-0.2, 0) is 14.3 Å². The van der Waals surface area contributed by atoms with Gasteiger partial charge in [0.15, 0.2) is 6.10 Å². The van der Waals surface area contributed by atoms with Crippen molar-refractivity contribution in [3.05, 3.63) is 73.8 Å². The third kappa shape index (κ3) is 5.43. The Balaban J connectivity index is 1.95. The summed E-state index contributed by atoms with van der Waals surface area (Å²) in [6, 6.07) is 16.7. The Kier molecular flexibility index (Phi) is 7.94. The Morgan fingerprint density at radius 3 is 2.63 bits per heavy atom. The predicted molar refractivity (Wildman–Crippen MR) is 124 cm³/mol. The predicted octanol–water partition coefficient (Wildman–Crippen LogP) is 5.78. The maximum Gasteiger partial charge on any atom is 0.330 e. The third-order valence-corrected chi connectivity index (χ3v) is 5.38. The second-order valence-electron chi connectivity index (χ2n) is 6.64. The second-order valence-corrected chi connectivity index (χ2v) is 7.98. The topological polar surface area (TPSA) is 44.8 Å². The molecule has 0 heterocycles. The first kappa shape index (κ1) is 21.9. The number of rotatable bonds is 11. The van der Waals surface area contributed by atoms with Crippen LogP contribution in [-0.4, -0.2) is 37.6 Å². The fraction of sp³-hybridized carbons (Fsp3) is 0.240. The molecule has 3 rings (SSSR count). The van der Waals surface area contributed by atoms with Crippen molar-refractivity contribution >= 4 is 39.3 Å². The van der Waals surface area contributed by atoms with Gasteiger partial charge in [0.1, 0.15) is 12.4 Å². The molecular weight excluding hydrogens is 396 g/mol. The van der Waals surface area contributed by atoms with Crippen molar-refractivity contribution in [3.63, 3.8) is 0 Å². The second kappa shape index (κ2) is 10.9. The molecule has 0 saturated carbocycles. The summed E-state index contributed by atoms with van der Waals surface area (Å²) in [6.07, 6.45) is 2.23. The average molecular weight is 423 g/mol. The molecule has 4 nitrogen and oxygen atoms in total. The molecule has 1 atom stereocenters. The van der Waals surface area contributed by atoms with Gasteiger partial charge in [-0.3, -0.25) is 0 Å². The lowest BCUT2D eigenvalue weighted by atomic mass is 10.0. The van der Waals surface area contributed by atoms with Gasteiger partial charge in [-0.2, -0.15) is 0 Å². The molecule has 0 fully saturated rings. The first-order valence-corrected chi connectivity index (χ1v) is 10.9. The van der Waals surface area contributed by atoms with E-state index < -0.39 is 12.1 Å². The van der Waals surface area contributed by atoms with E-state index >= 15 is 0 Å². The van der Waals surface area contributed by atoms with Crippen LogP contribution in [0.5, 0.6) is 5.75 Å². The van der Waals surface area contributed by atoms with E-state index in [4.69, 9.17) is 14.2 Å². The normalized spacial score (nSPS) is 11.9. The number of ether oxygens (including phenoxy) is 3. The van der Waals surface area contributed by atoms with Gasteiger partial charge in [0.25, 0.3) is 0 Å². The van der Waals surface area contributed by atoms with Gasteiger partial charge in [-0.1, -0.05) is 49.9 Å². The summed E-state index contributed by atoms with van der Waals surface area (Å²) >= 11 is 1.79. The van der Waals surface area contributed by atoms with Crippen LogP contribution < -0.4 is 4.74 Å². The Morgan fingerprint density at radius 2 is 1.87 bits per heavy atom. The fourth-order valence-corrected chi connectivity index (χ4v) is 3.90. The summed E-state index contributed by atoms with van der Waals surface area (Å²) in [5, 5.41) is 4.25. The Hall–Kier alpha value is -2.76. The molecule has 0 N–H and O–H groups in total. The van der Waals surface area contributed by atoms with Gasteiger partial charge >= 0.3 is 5.97 Å². The number of thioether (sulfide) groups is 1. The standard InChI is InChI=1S/C25H26O4S/c1-4-13-27-16-20(29-24(26)5-2)17-28-25-22-10-8-7-9-18(22)14-19-11-12-21(30-6-3)15-23(19)25/h4-5,7-12,14-15,20H,1-2,6,13,16-17H2,3H3. The van der Waals surface area contributed by atoms with Crippen molar-refractivity contribution in [2.45, 2.75) is 17.9 Å². The van der Waals surface area contributed by atoms with Crippen LogP contribution in [0.2, 0.25) is 0 Å². The van der Waals surface area contributed by atoms with Crippen LogP contribution in [0.25, 0.3) is 21.5 Å². The number of esters is 1. The van der Waals surface area contributed by atoms with Crippen molar-refractivity contribution in [1.29, 1.82) is 0 Å². The smallest absolute Gasteiger partial charge is 0.330 e. The monoisotopic (exact) mass is 422 g/mol. The minimum atomic E-state index is -0.558. The molecule has 30 heavy (non-hydrogen) atoms. The lowest BCUT2D eigenvalue weighted by Crippen LogP contribution is -2.29. The van der Waals surface area contributed by atoms with E-state index in [1.807, 2.05) is 18.2 Å². The molecule has 0 aliphatic rings. The van der Waals surface area contributed by atoms with E-state index in [2.05, 4.69) is 50.4 Å². The number of carbonyl (C=O) groups is 1. The highest BCUT2D eigenvalue weighted by molar-refractivity contribution is 7.99. The van der Waals surface area contributed by atoms with Gasteiger partial charge < -0.3 is 14.2 Å². The summed E-state index contributed by atoms with van der Waals surface area (Å²) in [6.45, 7) is 9.99. The zero-order chi connectivity index (χ0) is 21.3. The molecule has 0 radical (unpaired) electrons. The van der Waals surface area contributed by atoms with E-state index in [0.717, 1.165) is 39.1 Å². The maximum absolute atomic E-state index is 11.7. The van der Waals surface area contributed by atoms with Crippen LogP contribution in [0.1, 0.15) is 6.92 Å². The van der Waals surface area contributed by atoms with Crippen molar-refractivity contribution in [2.24, 2.45) is 0 Å². The number of benzene rings is 3. The third-order valence-electron chi connectivity index (χ3n) is 4.50. The van der Waals surface area contributed by atoms with Crippen LogP contribution in [0.15, 0.2) is 78.7 Å². The highest BCUT2D eigenvalue weighted by atomic mass is 32.2. The van der Waals surface area contributed by atoms with Gasteiger partial charge in [0.2, 0.25) is 0 Å².